The molecule has 1 saturated heterocycles. The lowest BCUT2D eigenvalue weighted by Crippen LogP contribution is -2.47. The smallest absolute Gasteiger partial charge is 0.247 e. The number of hydrogen-bond acceptors (Lipinski definition) is 5. The first kappa shape index (κ1) is 22.6. The van der Waals surface area contributed by atoms with Gasteiger partial charge < -0.3 is 10.2 Å². The summed E-state index contributed by atoms with van der Waals surface area (Å²) >= 11 is 1.21. The van der Waals surface area contributed by atoms with Crippen LogP contribution in [0.5, 0.6) is 0 Å². The summed E-state index contributed by atoms with van der Waals surface area (Å²) in [5.74, 6) is 0.0590. The fourth-order valence-electron chi connectivity index (χ4n) is 4.50. The molecule has 9 heteroatoms. The monoisotopic (exact) mass is 465 g/mol. The highest BCUT2D eigenvalue weighted by atomic mass is 32.2. The molecule has 3 aliphatic rings. The largest absolute Gasteiger partial charge is 0.341 e. The summed E-state index contributed by atoms with van der Waals surface area (Å²) in [6.45, 7) is 3.54. The van der Waals surface area contributed by atoms with Crippen LogP contribution in [-0.2, 0) is 19.6 Å². The predicted molar refractivity (Wildman–Crippen MR) is 122 cm³/mol. The average Bonchev–Trinajstić information content (AvgIpc) is 3.01. The quantitative estimate of drug-likeness (QED) is 0.525. The third kappa shape index (κ3) is 5.26. The Hall–Kier alpha value is -1.58. The number of amides is 2. The Bertz CT molecular complexity index is 934. The molecule has 2 heterocycles. The first-order valence-corrected chi connectivity index (χ1v) is 13.6. The van der Waals surface area contributed by atoms with E-state index in [0.717, 1.165) is 56.3 Å². The molecule has 1 aromatic rings. The third-order valence-electron chi connectivity index (χ3n) is 6.50. The number of likely N-dealkylation sites (tertiary alicyclic amines) is 1. The summed E-state index contributed by atoms with van der Waals surface area (Å²) < 4.78 is 28.6. The van der Waals surface area contributed by atoms with Gasteiger partial charge in [0.15, 0.2) is 5.25 Å². The first-order valence-electron chi connectivity index (χ1n) is 11.3. The van der Waals surface area contributed by atoms with Crippen molar-refractivity contribution in [3.05, 3.63) is 18.2 Å². The number of nitrogens with one attached hydrogen (secondary N) is 2. The van der Waals surface area contributed by atoms with Gasteiger partial charge in [0.1, 0.15) is 0 Å². The van der Waals surface area contributed by atoms with Gasteiger partial charge in [-0.15, -0.1) is 11.8 Å². The van der Waals surface area contributed by atoms with Gasteiger partial charge in [0.05, 0.1) is 10.6 Å². The normalized spacial score (nSPS) is 23.7. The first-order chi connectivity index (χ1) is 14.8. The highest BCUT2D eigenvalue weighted by molar-refractivity contribution is 8.01. The molecular formula is C22H31N3O4S2. The summed E-state index contributed by atoms with van der Waals surface area (Å²) in [4.78, 5) is 28.2. The van der Waals surface area contributed by atoms with Crippen molar-refractivity contribution >= 4 is 39.3 Å². The molecule has 1 atom stereocenters. The van der Waals surface area contributed by atoms with Gasteiger partial charge in [-0.25, -0.2) is 13.1 Å². The van der Waals surface area contributed by atoms with Gasteiger partial charge in [-0.1, -0.05) is 32.6 Å². The van der Waals surface area contributed by atoms with E-state index in [1.807, 2.05) is 0 Å². The van der Waals surface area contributed by atoms with Crippen molar-refractivity contribution in [1.82, 2.24) is 9.62 Å². The molecule has 2 amide bonds. The molecule has 170 valence electrons. The van der Waals surface area contributed by atoms with Crippen LogP contribution in [0.25, 0.3) is 0 Å². The highest BCUT2D eigenvalue weighted by Gasteiger charge is 2.37. The van der Waals surface area contributed by atoms with E-state index in [1.165, 1.54) is 17.8 Å². The van der Waals surface area contributed by atoms with Gasteiger partial charge in [0.2, 0.25) is 21.8 Å². The molecule has 4 rings (SSSR count). The molecule has 1 aromatic carbocycles. The molecule has 0 radical (unpaired) electrons. The number of hydrogen-bond donors (Lipinski definition) is 2. The maximum atomic E-state index is 12.9. The summed E-state index contributed by atoms with van der Waals surface area (Å²) in [5, 5.41) is 1.94. The fraction of sp³-hybridized carbons (Fsp3) is 0.636. The number of fused-ring (bicyclic) bond motifs is 1. The van der Waals surface area contributed by atoms with Gasteiger partial charge in [0, 0.05) is 24.0 Å². The summed E-state index contributed by atoms with van der Waals surface area (Å²) in [7, 11) is -3.67. The van der Waals surface area contributed by atoms with Crippen molar-refractivity contribution in [3.63, 3.8) is 0 Å². The number of sulfonamides is 1. The van der Waals surface area contributed by atoms with Crippen LogP contribution in [0.3, 0.4) is 0 Å². The fourth-order valence-corrected chi connectivity index (χ4v) is 6.88. The standard InChI is InChI=1S/C22H31N3O4S2/c1-15-10-12-25(13-11-15)22(27)20-21(26)23-18-14-17(8-9-19(18)30-20)31(28,29)24-16-6-4-2-3-5-7-16/h8-9,14-16,20,24H,2-7,10-13H2,1H3,(H,23,26). The van der Waals surface area contributed by atoms with E-state index in [0.29, 0.717) is 24.7 Å². The van der Waals surface area contributed by atoms with Gasteiger partial charge in [0.25, 0.3) is 0 Å². The lowest BCUT2D eigenvalue weighted by atomic mass is 9.99. The summed E-state index contributed by atoms with van der Waals surface area (Å²) in [6.07, 6.45) is 8.00. The van der Waals surface area contributed by atoms with Gasteiger partial charge >= 0.3 is 0 Å². The second-order valence-corrected chi connectivity index (χ2v) is 11.8. The molecule has 7 nitrogen and oxygen atoms in total. The van der Waals surface area contributed by atoms with Crippen LogP contribution in [0.2, 0.25) is 0 Å². The molecule has 2 fully saturated rings. The molecule has 2 aliphatic heterocycles. The molecule has 1 unspecified atom stereocenters. The van der Waals surface area contributed by atoms with Crippen molar-refractivity contribution in [2.45, 2.75) is 79.4 Å². The zero-order valence-electron chi connectivity index (χ0n) is 17.9. The molecular weight excluding hydrogens is 434 g/mol. The number of piperidine rings is 1. The predicted octanol–water partition coefficient (Wildman–Crippen LogP) is 3.36. The van der Waals surface area contributed by atoms with Crippen LogP contribution in [-0.4, -0.2) is 49.5 Å². The molecule has 0 spiro atoms. The minimum absolute atomic E-state index is 0.0400. The Balaban J connectivity index is 1.46. The van der Waals surface area contributed by atoms with Crippen LogP contribution in [0.4, 0.5) is 5.69 Å². The number of carbonyl (C=O) groups excluding carboxylic acids is 2. The number of anilines is 1. The summed E-state index contributed by atoms with van der Waals surface area (Å²) in [6, 6.07) is 4.72. The molecule has 1 saturated carbocycles. The molecule has 1 aliphatic carbocycles. The van der Waals surface area contributed by atoms with E-state index in [1.54, 1.807) is 17.0 Å². The Morgan fingerprint density at radius 3 is 2.45 bits per heavy atom. The SMILES string of the molecule is CC1CCN(C(=O)C2Sc3ccc(S(=O)(=O)NC4CCCCCC4)cc3NC2=O)CC1. The van der Waals surface area contributed by atoms with E-state index >= 15 is 0 Å². The van der Waals surface area contributed by atoms with Crippen molar-refractivity contribution in [3.8, 4) is 0 Å². The number of carbonyl (C=O) groups is 2. The number of nitrogens with zero attached hydrogens (tertiary/aromatic N) is 1. The van der Waals surface area contributed by atoms with Crippen molar-refractivity contribution in [2.75, 3.05) is 18.4 Å². The van der Waals surface area contributed by atoms with Crippen LogP contribution < -0.4 is 10.0 Å². The topological polar surface area (TPSA) is 95.6 Å². The Kier molecular flexibility index (Phi) is 6.93. The third-order valence-corrected chi connectivity index (χ3v) is 9.28. The maximum Gasteiger partial charge on any atom is 0.247 e. The Morgan fingerprint density at radius 2 is 1.77 bits per heavy atom. The second kappa shape index (κ2) is 9.50. The minimum Gasteiger partial charge on any atom is -0.341 e. The number of rotatable bonds is 4. The van der Waals surface area contributed by atoms with E-state index in [-0.39, 0.29) is 22.8 Å². The maximum absolute atomic E-state index is 12.9. The van der Waals surface area contributed by atoms with Gasteiger partial charge in [-0.2, -0.15) is 0 Å². The van der Waals surface area contributed by atoms with E-state index in [2.05, 4.69) is 17.0 Å². The lowest BCUT2D eigenvalue weighted by Gasteiger charge is -2.33. The van der Waals surface area contributed by atoms with Gasteiger partial charge in [-0.3, -0.25) is 9.59 Å². The Morgan fingerprint density at radius 1 is 1.10 bits per heavy atom. The van der Waals surface area contributed by atoms with Gasteiger partial charge in [-0.05, 0) is 49.8 Å². The molecule has 0 bridgehead atoms. The zero-order valence-corrected chi connectivity index (χ0v) is 19.6. The lowest BCUT2D eigenvalue weighted by molar-refractivity contribution is -0.135. The van der Waals surface area contributed by atoms with Crippen molar-refractivity contribution in [2.24, 2.45) is 5.92 Å². The van der Waals surface area contributed by atoms with Crippen LogP contribution >= 0.6 is 11.8 Å². The highest BCUT2D eigenvalue weighted by Crippen LogP contribution is 2.38. The van der Waals surface area contributed by atoms with Crippen LogP contribution in [0, 0.1) is 5.92 Å². The van der Waals surface area contributed by atoms with E-state index < -0.39 is 15.3 Å². The average molecular weight is 466 g/mol. The zero-order chi connectivity index (χ0) is 22.0. The number of thioether (sulfide) groups is 1. The minimum atomic E-state index is -3.67. The molecule has 0 aromatic heterocycles. The van der Waals surface area contributed by atoms with Crippen molar-refractivity contribution in [1.29, 1.82) is 0 Å². The summed E-state index contributed by atoms with van der Waals surface area (Å²) in [5.41, 5.74) is 0.454. The van der Waals surface area contributed by atoms with Crippen LogP contribution in [0.15, 0.2) is 28.0 Å². The molecule has 2 N–H and O–H groups in total. The second-order valence-electron chi connectivity index (χ2n) is 8.96. The van der Waals surface area contributed by atoms with E-state index in [9.17, 15) is 18.0 Å². The van der Waals surface area contributed by atoms with Crippen LogP contribution in [0.1, 0.15) is 58.3 Å². The van der Waals surface area contributed by atoms with E-state index in [4.69, 9.17) is 0 Å². The van der Waals surface area contributed by atoms with Crippen molar-refractivity contribution < 1.29 is 18.0 Å². The molecule has 31 heavy (non-hydrogen) atoms. The Labute approximate surface area is 188 Å². The number of benzene rings is 1.